The van der Waals surface area contributed by atoms with E-state index in [-0.39, 0.29) is 37.9 Å². The van der Waals surface area contributed by atoms with Crippen LogP contribution in [0.2, 0.25) is 10.0 Å². The Morgan fingerprint density at radius 1 is 1.12 bits per heavy atom. The fourth-order valence-electron chi connectivity index (χ4n) is 2.62. The molecule has 0 aliphatic heterocycles. The number of alkyl halides is 2. The van der Waals surface area contributed by atoms with Gasteiger partial charge in [0, 0.05) is 12.3 Å². The highest BCUT2D eigenvalue weighted by Gasteiger charge is 2.20. The van der Waals surface area contributed by atoms with Gasteiger partial charge in [0.1, 0.15) is 16.4 Å². The average molecular weight is 508 g/mol. The van der Waals surface area contributed by atoms with E-state index in [9.17, 15) is 26.8 Å². The molecule has 1 aromatic heterocycles. The Bertz CT molecular complexity index is 1400. The van der Waals surface area contributed by atoms with Gasteiger partial charge in [-0.15, -0.1) is 0 Å². The van der Waals surface area contributed by atoms with Crippen molar-refractivity contribution in [3.05, 3.63) is 66.9 Å². The number of halogens is 4. The van der Waals surface area contributed by atoms with Crippen molar-refractivity contribution in [1.29, 1.82) is 0 Å². The molecule has 9 nitrogen and oxygen atoms in total. The van der Waals surface area contributed by atoms with Gasteiger partial charge in [-0.1, -0.05) is 23.2 Å². The van der Waals surface area contributed by atoms with Gasteiger partial charge in [-0.2, -0.15) is 9.78 Å². The molecule has 32 heavy (non-hydrogen) atoms. The van der Waals surface area contributed by atoms with Crippen molar-refractivity contribution in [3.63, 3.8) is 0 Å². The van der Waals surface area contributed by atoms with E-state index in [0.29, 0.717) is 4.68 Å². The number of nitrogens with zero attached hydrogens (tertiary/aromatic N) is 2. The lowest BCUT2D eigenvalue weighted by molar-refractivity contribution is 0.141. The number of nitrogens with one attached hydrogen (secondary N) is 1. The summed E-state index contributed by atoms with van der Waals surface area (Å²) in [4.78, 5) is 25.1. The van der Waals surface area contributed by atoms with Crippen LogP contribution in [0.1, 0.15) is 12.1 Å². The Kier molecular flexibility index (Phi) is 6.58. The van der Waals surface area contributed by atoms with Crippen molar-refractivity contribution in [2.24, 2.45) is 0 Å². The second-order valence-corrected chi connectivity index (χ2v) is 9.08. The molecule has 14 heteroatoms. The molecule has 0 saturated carbocycles. The van der Waals surface area contributed by atoms with Crippen LogP contribution in [0.15, 0.2) is 44.8 Å². The normalized spacial score (nSPS) is 11.6. The van der Waals surface area contributed by atoms with Gasteiger partial charge in [-0.3, -0.25) is 9.78 Å². The standard InChI is InChI=1S/C18H13Cl2F2N3O6S/c1-30-12-4-3-9(7-13(12)32(2,28)29)31-15-10(19)5-8(6-11(15)20)25-18(27)23-17(26)14(24-25)16(21)22/h3-7,16H,1-2H3,(H,23,26,27). The van der Waals surface area contributed by atoms with Gasteiger partial charge in [0.2, 0.25) is 0 Å². The molecule has 2 aromatic carbocycles. The minimum atomic E-state index is -3.65. The van der Waals surface area contributed by atoms with Crippen molar-refractivity contribution in [2.75, 3.05) is 13.4 Å². The van der Waals surface area contributed by atoms with E-state index in [0.717, 1.165) is 18.4 Å². The van der Waals surface area contributed by atoms with Gasteiger partial charge in [0.25, 0.3) is 12.0 Å². The SMILES string of the molecule is COc1ccc(Oc2c(Cl)cc(-n3nc(C(F)F)c(=O)[nH]c3=O)cc2Cl)cc1S(C)(=O)=O. The minimum absolute atomic E-state index is 0.0575. The van der Waals surface area contributed by atoms with E-state index >= 15 is 0 Å². The zero-order valence-corrected chi connectivity index (χ0v) is 18.6. The number of sulfone groups is 1. The predicted octanol–water partition coefficient (Wildman–Crippen LogP) is 3.37. The van der Waals surface area contributed by atoms with Gasteiger partial charge in [-0.05, 0) is 24.3 Å². The van der Waals surface area contributed by atoms with Crippen LogP contribution in [0.3, 0.4) is 0 Å². The molecule has 3 rings (SSSR count). The zero-order valence-electron chi connectivity index (χ0n) is 16.2. The van der Waals surface area contributed by atoms with Gasteiger partial charge in [-0.25, -0.2) is 22.0 Å². The van der Waals surface area contributed by atoms with Crippen LogP contribution in [-0.2, 0) is 9.84 Å². The maximum Gasteiger partial charge on any atom is 0.349 e. The summed E-state index contributed by atoms with van der Waals surface area (Å²) in [5.74, 6) is 0.0566. The Hall–Kier alpha value is -2.96. The second kappa shape index (κ2) is 8.88. The van der Waals surface area contributed by atoms with Crippen molar-refractivity contribution in [2.45, 2.75) is 11.3 Å². The molecule has 1 N–H and O–H groups in total. The quantitative estimate of drug-likeness (QED) is 0.542. The van der Waals surface area contributed by atoms with E-state index in [1.807, 2.05) is 0 Å². The molecule has 0 spiro atoms. The lowest BCUT2D eigenvalue weighted by Gasteiger charge is -2.14. The summed E-state index contributed by atoms with van der Waals surface area (Å²) in [6.45, 7) is 0. The lowest BCUT2D eigenvalue weighted by Crippen LogP contribution is -2.34. The van der Waals surface area contributed by atoms with Crippen LogP contribution in [0.25, 0.3) is 5.69 Å². The Labute approximate surface area is 189 Å². The molecule has 3 aromatic rings. The van der Waals surface area contributed by atoms with Crippen LogP contribution in [0.4, 0.5) is 8.78 Å². The summed E-state index contributed by atoms with van der Waals surface area (Å²) in [6.07, 6.45) is -2.23. The number of rotatable bonds is 6. The third kappa shape index (κ3) is 4.76. The van der Waals surface area contributed by atoms with Crippen LogP contribution in [-0.4, -0.2) is 36.5 Å². The summed E-state index contributed by atoms with van der Waals surface area (Å²) in [5, 5.41) is 3.07. The van der Waals surface area contributed by atoms with E-state index in [4.69, 9.17) is 32.7 Å². The molecular formula is C18H13Cl2F2N3O6S. The molecule has 1 heterocycles. The summed E-state index contributed by atoms with van der Waals surface area (Å²) >= 11 is 12.4. The Morgan fingerprint density at radius 3 is 2.28 bits per heavy atom. The van der Waals surface area contributed by atoms with Gasteiger partial charge in [0.05, 0.1) is 22.8 Å². The van der Waals surface area contributed by atoms with E-state index in [2.05, 4.69) is 5.10 Å². The molecule has 0 atom stereocenters. The monoisotopic (exact) mass is 507 g/mol. The third-order valence-corrected chi connectivity index (χ3v) is 5.72. The maximum atomic E-state index is 13.0. The average Bonchev–Trinajstić information content (AvgIpc) is 2.69. The first-order chi connectivity index (χ1) is 14.9. The molecule has 0 bridgehead atoms. The van der Waals surface area contributed by atoms with Crippen molar-refractivity contribution < 1.29 is 26.7 Å². The highest BCUT2D eigenvalue weighted by molar-refractivity contribution is 7.90. The number of H-pyrrole nitrogens is 1. The molecule has 0 radical (unpaired) electrons. The molecule has 0 unspecified atom stereocenters. The van der Waals surface area contributed by atoms with Gasteiger partial charge >= 0.3 is 5.69 Å². The molecule has 0 fully saturated rings. The molecule has 0 aliphatic rings. The van der Waals surface area contributed by atoms with Crippen molar-refractivity contribution in [3.8, 4) is 22.9 Å². The first-order valence-corrected chi connectivity index (χ1v) is 11.1. The largest absolute Gasteiger partial charge is 0.495 e. The Balaban J connectivity index is 2.06. The number of hydrogen-bond acceptors (Lipinski definition) is 7. The second-order valence-electron chi connectivity index (χ2n) is 6.28. The van der Waals surface area contributed by atoms with Gasteiger partial charge < -0.3 is 9.47 Å². The van der Waals surface area contributed by atoms with E-state index in [1.54, 1.807) is 4.98 Å². The highest BCUT2D eigenvalue weighted by atomic mass is 35.5. The van der Waals surface area contributed by atoms with Crippen LogP contribution in [0.5, 0.6) is 17.2 Å². The number of aromatic amines is 1. The molecule has 170 valence electrons. The first-order valence-electron chi connectivity index (χ1n) is 8.49. The fourth-order valence-corrected chi connectivity index (χ4v) is 4.02. The minimum Gasteiger partial charge on any atom is -0.495 e. The Morgan fingerprint density at radius 2 is 1.75 bits per heavy atom. The summed E-state index contributed by atoms with van der Waals surface area (Å²) in [5.41, 5.74) is -3.70. The van der Waals surface area contributed by atoms with E-state index < -0.39 is 33.2 Å². The molecule has 0 aliphatic carbocycles. The lowest BCUT2D eigenvalue weighted by atomic mass is 10.3. The van der Waals surface area contributed by atoms with E-state index in [1.165, 1.54) is 25.3 Å². The number of ether oxygens (including phenoxy) is 2. The smallest absolute Gasteiger partial charge is 0.349 e. The van der Waals surface area contributed by atoms with Crippen LogP contribution >= 0.6 is 23.2 Å². The molecule has 0 amide bonds. The zero-order chi connectivity index (χ0) is 23.8. The number of benzene rings is 2. The van der Waals surface area contributed by atoms with Crippen molar-refractivity contribution >= 4 is 33.0 Å². The summed E-state index contributed by atoms with van der Waals surface area (Å²) < 4.78 is 61.0. The predicted molar refractivity (Wildman–Crippen MR) is 112 cm³/mol. The highest BCUT2D eigenvalue weighted by Crippen LogP contribution is 2.39. The summed E-state index contributed by atoms with van der Waals surface area (Å²) in [6, 6.07) is 6.28. The number of hydrogen-bond donors (Lipinski definition) is 1. The topological polar surface area (TPSA) is 120 Å². The van der Waals surface area contributed by atoms with Crippen LogP contribution in [0, 0.1) is 0 Å². The number of methoxy groups -OCH3 is 1. The number of aromatic nitrogens is 3. The van der Waals surface area contributed by atoms with Gasteiger partial charge in [0.15, 0.2) is 21.3 Å². The first kappa shape index (κ1) is 23.7. The fraction of sp³-hybridized carbons (Fsp3) is 0.167. The molecule has 0 saturated heterocycles. The van der Waals surface area contributed by atoms with Crippen LogP contribution < -0.4 is 20.7 Å². The van der Waals surface area contributed by atoms with Crippen molar-refractivity contribution in [1.82, 2.24) is 14.8 Å². The summed E-state index contributed by atoms with van der Waals surface area (Å²) in [7, 11) is -2.34. The maximum absolute atomic E-state index is 13.0. The third-order valence-electron chi connectivity index (χ3n) is 4.04. The molecular weight excluding hydrogens is 495 g/mol.